The molecule has 1 fully saturated rings. The van der Waals surface area contributed by atoms with Gasteiger partial charge in [-0.25, -0.2) is 8.42 Å². The molecule has 20 heavy (non-hydrogen) atoms. The number of rotatable bonds is 5. The third-order valence-electron chi connectivity index (χ3n) is 3.63. The van der Waals surface area contributed by atoms with Crippen LogP contribution >= 0.6 is 0 Å². The maximum atomic E-state index is 12.4. The lowest BCUT2D eigenvalue weighted by Crippen LogP contribution is -2.42. The zero-order valence-electron chi connectivity index (χ0n) is 12.2. The van der Waals surface area contributed by atoms with Crippen molar-refractivity contribution in [2.45, 2.75) is 31.9 Å². The van der Waals surface area contributed by atoms with E-state index in [2.05, 4.69) is 23.5 Å². The van der Waals surface area contributed by atoms with Gasteiger partial charge in [-0.2, -0.15) is 0 Å². The lowest BCUT2D eigenvalue weighted by atomic mass is 10.1. The van der Waals surface area contributed by atoms with Crippen molar-refractivity contribution < 1.29 is 8.42 Å². The summed E-state index contributed by atoms with van der Waals surface area (Å²) in [5, 5.41) is -0.272. The van der Waals surface area contributed by atoms with Gasteiger partial charge in [-0.3, -0.25) is 4.72 Å². The molecular formula is C15H24N2O2S. The van der Waals surface area contributed by atoms with Crippen molar-refractivity contribution in [3.8, 4) is 0 Å². The average Bonchev–Trinajstić information content (AvgIpc) is 2.39. The summed E-state index contributed by atoms with van der Waals surface area (Å²) in [6.07, 6.45) is 1.43. The molecular weight excluding hydrogens is 272 g/mol. The second-order valence-electron chi connectivity index (χ2n) is 5.91. The lowest BCUT2D eigenvalue weighted by Gasteiger charge is -2.32. The summed E-state index contributed by atoms with van der Waals surface area (Å²) >= 11 is 0. The lowest BCUT2D eigenvalue weighted by molar-refractivity contribution is 0.207. The van der Waals surface area contributed by atoms with E-state index in [0.717, 1.165) is 32.5 Å². The highest BCUT2D eigenvalue weighted by Crippen LogP contribution is 2.21. The van der Waals surface area contributed by atoms with Crippen LogP contribution in [-0.4, -0.2) is 38.2 Å². The molecule has 0 aromatic heterocycles. The van der Waals surface area contributed by atoms with E-state index in [9.17, 15) is 8.42 Å². The summed E-state index contributed by atoms with van der Waals surface area (Å²) in [5.41, 5.74) is 0.650. The van der Waals surface area contributed by atoms with Gasteiger partial charge in [-0.05, 0) is 44.0 Å². The number of hydrogen-bond donors (Lipinski definition) is 1. The molecule has 0 spiro atoms. The van der Waals surface area contributed by atoms with Gasteiger partial charge in [0.25, 0.3) is 0 Å². The molecule has 0 radical (unpaired) electrons. The zero-order valence-corrected chi connectivity index (χ0v) is 13.1. The largest absolute Gasteiger partial charge is 0.303 e. The molecule has 1 saturated heterocycles. The van der Waals surface area contributed by atoms with Crippen molar-refractivity contribution in [1.29, 1.82) is 0 Å². The van der Waals surface area contributed by atoms with E-state index in [-0.39, 0.29) is 5.25 Å². The first-order chi connectivity index (χ1) is 9.47. The normalized spacial score (nSPS) is 18.4. The second-order valence-corrected chi connectivity index (χ2v) is 7.87. The van der Waals surface area contributed by atoms with Crippen LogP contribution in [0.3, 0.4) is 0 Å². The zero-order chi connectivity index (χ0) is 14.6. The highest BCUT2D eigenvalue weighted by Gasteiger charge is 2.29. The van der Waals surface area contributed by atoms with E-state index < -0.39 is 10.0 Å². The fourth-order valence-corrected chi connectivity index (χ4v) is 4.14. The Hall–Kier alpha value is -1.07. The number of nitrogens with zero attached hydrogens (tertiary/aromatic N) is 1. The van der Waals surface area contributed by atoms with Crippen molar-refractivity contribution in [3.05, 3.63) is 30.3 Å². The molecule has 0 atom stereocenters. The quantitative estimate of drug-likeness (QED) is 0.908. The van der Waals surface area contributed by atoms with E-state index in [0.29, 0.717) is 11.6 Å². The molecule has 4 nitrogen and oxygen atoms in total. The highest BCUT2D eigenvalue weighted by molar-refractivity contribution is 7.93. The maximum absolute atomic E-state index is 12.4. The van der Waals surface area contributed by atoms with Crippen LogP contribution in [0.15, 0.2) is 30.3 Å². The van der Waals surface area contributed by atoms with Crippen LogP contribution in [0, 0.1) is 5.92 Å². The molecule has 0 amide bonds. The SMILES string of the molecule is CC(C)CN1CCC(S(=O)(=O)Nc2ccccc2)CC1. The topological polar surface area (TPSA) is 49.4 Å². The van der Waals surface area contributed by atoms with Gasteiger partial charge in [-0.1, -0.05) is 32.0 Å². The molecule has 1 heterocycles. The van der Waals surface area contributed by atoms with Crippen molar-refractivity contribution in [2.75, 3.05) is 24.4 Å². The predicted octanol–water partition coefficient (Wildman–Crippen LogP) is 2.55. The minimum absolute atomic E-state index is 0.272. The van der Waals surface area contributed by atoms with Crippen molar-refractivity contribution in [2.24, 2.45) is 5.92 Å². The molecule has 0 saturated carbocycles. The van der Waals surface area contributed by atoms with Gasteiger partial charge in [-0.15, -0.1) is 0 Å². The number of anilines is 1. The fourth-order valence-electron chi connectivity index (χ4n) is 2.67. The van der Waals surface area contributed by atoms with Crippen molar-refractivity contribution >= 4 is 15.7 Å². The van der Waals surface area contributed by atoms with Crippen molar-refractivity contribution in [1.82, 2.24) is 4.90 Å². The smallest absolute Gasteiger partial charge is 0.235 e. The van der Waals surface area contributed by atoms with Crippen LogP contribution in [0.1, 0.15) is 26.7 Å². The van der Waals surface area contributed by atoms with Gasteiger partial charge < -0.3 is 4.90 Å². The summed E-state index contributed by atoms with van der Waals surface area (Å²) in [7, 11) is -3.26. The minimum atomic E-state index is -3.26. The molecule has 0 unspecified atom stereocenters. The van der Waals surface area contributed by atoms with E-state index >= 15 is 0 Å². The molecule has 1 aliphatic rings. The molecule has 1 aromatic carbocycles. The Balaban J connectivity index is 1.92. The molecule has 1 aromatic rings. The summed E-state index contributed by atoms with van der Waals surface area (Å²) in [5.74, 6) is 0.630. The van der Waals surface area contributed by atoms with Crippen LogP contribution in [0.5, 0.6) is 0 Å². The Morgan fingerprint density at radius 3 is 2.35 bits per heavy atom. The Morgan fingerprint density at radius 2 is 1.80 bits per heavy atom. The number of nitrogens with one attached hydrogen (secondary N) is 1. The van der Waals surface area contributed by atoms with Gasteiger partial charge >= 0.3 is 0 Å². The Labute approximate surface area is 122 Å². The third kappa shape index (κ3) is 4.21. The van der Waals surface area contributed by atoms with E-state index in [4.69, 9.17) is 0 Å². The summed E-state index contributed by atoms with van der Waals surface area (Å²) in [6.45, 7) is 7.19. The first-order valence-corrected chi connectivity index (χ1v) is 8.81. The van der Waals surface area contributed by atoms with E-state index in [1.54, 1.807) is 12.1 Å². The number of piperidine rings is 1. The van der Waals surface area contributed by atoms with Crippen molar-refractivity contribution in [3.63, 3.8) is 0 Å². The van der Waals surface area contributed by atoms with Crippen LogP contribution in [-0.2, 0) is 10.0 Å². The predicted molar refractivity (Wildman–Crippen MR) is 83.3 cm³/mol. The van der Waals surface area contributed by atoms with E-state index in [1.807, 2.05) is 18.2 Å². The van der Waals surface area contributed by atoms with Crippen LogP contribution < -0.4 is 4.72 Å². The summed E-state index contributed by atoms with van der Waals surface area (Å²) < 4.78 is 27.4. The summed E-state index contributed by atoms with van der Waals surface area (Å²) in [6, 6.07) is 9.12. The highest BCUT2D eigenvalue weighted by atomic mass is 32.2. The third-order valence-corrected chi connectivity index (χ3v) is 5.50. The Kier molecular flexibility index (Phi) is 5.05. The molecule has 0 aliphatic carbocycles. The Bertz CT molecular complexity index is 506. The number of benzene rings is 1. The fraction of sp³-hybridized carbons (Fsp3) is 0.600. The first kappa shape index (κ1) is 15.3. The van der Waals surface area contributed by atoms with Gasteiger partial charge in [0.1, 0.15) is 0 Å². The van der Waals surface area contributed by atoms with Gasteiger partial charge in [0.15, 0.2) is 0 Å². The van der Waals surface area contributed by atoms with Crippen LogP contribution in [0.2, 0.25) is 0 Å². The maximum Gasteiger partial charge on any atom is 0.235 e. The summed E-state index contributed by atoms with van der Waals surface area (Å²) in [4.78, 5) is 2.36. The van der Waals surface area contributed by atoms with Gasteiger partial charge in [0.2, 0.25) is 10.0 Å². The first-order valence-electron chi connectivity index (χ1n) is 7.26. The molecule has 2 rings (SSSR count). The van der Waals surface area contributed by atoms with Crippen LogP contribution in [0.4, 0.5) is 5.69 Å². The van der Waals surface area contributed by atoms with Gasteiger partial charge in [0, 0.05) is 12.2 Å². The minimum Gasteiger partial charge on any atom is -0.303 e. The number of hydrogen-bond acceptors (Lipinski definition) is 3. The molecule has 112 valence electrons. The number of sulfonamides is 1. The Morgan fingerprint density at radius 1 is 1.20 bits per heavy atom. The number of likely N-dealkylation sites (tertiary alicyclic amines) is 1. The second kappa shape index (κ2) is 6.59. The molecule has 5 heteroatoms. The average molecular weight is 296 g/mol. The molecule has 1 N–H and O–H groups in total. The molecule has 1 aliphatic heterocycles. The van der Waals surface area contributed by atoms with E-state index in [1.165, 1.54) is 0 Å². The van der Waals surface area contributed by atoms with Gasteiger partial charge in [0.05, 0.1) is 5.25 Å². The molecule has 0 bridgehead atoms. The van der Waals surface area contributed by atoms with Crippen LogP contribution in [0.25, 0.3) is 0 Å². The standard InChI is InChI=1S/C15H24N2O2S/c1-13(2)12-17-10-8-15(9-11-17)20(18,19)16-14-6-4-3-5-7-14/h3-7,13,15-16H,8-12H2,1-2H3. The monoisotopic (exact) mass is 296 g/mol. The number of para-hydroxylation sites is 1.